The van der Waals surface area contributed by atoms with Gasteiger partial charge in [0, 0.05) is 11.9 Å². The highest BCUT2D eigenvalue weighted by Gasteiger charge is 2.11. The molecule has 1 amide bonds. The minimum absolute atomic E-state index is 0.173. The molecule has 0 aliphatic carbocycles. The van der Waals surface area contributed by atoms with Gasteiger partial charge in [-0.1, -0.05) is 23.2 Å². The number of benzene rings is 1. The molecule has 0 radical (unpaired) electrons. The third-order valence-electron chi connectivity index (χ3n) is 2.42. The van der Waals surface area contributed by atoms with E-state index in [1.807, 2.05) is 0 Å². The van der Waals surface area contributed by atoms with E-state index in [4.69, 9.17) is 29.0 Å². The lowest BCUT2D eigenvalue weighted by Crippen LogP contribution is -2.13. The van der Waals surface area contributed by atoms with Crippen molar-refractivity contribution in [3.63, 3.8) is 0 Å². The summed E-state index contributed by atoms with van der Waals surface area (Å²) in [6.07, 6.45) is 1.34. The van der Waals surface area contributed by atoms with Crippen molar-refractivity contribution in [1.29, 1.82) is 0 Å². The molecule has 0 unspecified atom stereocenters. The number of amides is 1. The first-order valence-corrected chi connectivity index (χ1v) is 6.15. The summed E-state index contributed by atoms with van der Waals surface area (Å²) in [5.41, 5.74) is 2.94. The second-order valence-corrected chi connectivity index (χ2v) is 4.60. The van der Waals surface area contributed by atoms with Crippen LogP contribution in [0.1, 0.15) is 10.4 Å². The van der Waals surface area contributed by atoms with Crippen LogP contribution in [-0.2, 0) is 0 Å². The maximum atomic E-state index is 13.2. The molecule has 0 fully saturated rings. The number of aromatic nitrogens is 1. The molecule has 0 atom stereocenters. The zero-order chi connectivity index (χ0) is 14.7. The van der Waals surface area contributed by atoms with Gasteiger partial charge in [-0.15, -0.1) is 0 Å². The van der Waals surface area contributed by atoms with E-state index >= 15 is 0 Å². The molecule has 1 heterocycles. The van der Waals surface area contributed by atoms with E-state index in [1.54, 1.807) is 6.07 Å². The molecule has 4 N–H and O–H groups in total. The highest BCUT2D eigenvalue weighted by Crippen LogP contribution is 2.27. The normalized spacial score (nSPS) is 10.2. The average molecular weight is 315 g/mol. The molecule has 0 bridgehead atoms. The second kappa shape index (κ2) is 6.04. The summed E-state index contributed by atoms with van der Waals surface area (Å²) in [4.78, 5) is 15.8. The van der Waals surface area contributed by atoms with Gasteiger partial charge in [0.1, 0.15) is 5.82 Å². The molecule has 1 aromatic heterocycles. The summed E-state index contributed by atoms with van der Waals surface area (Å²) in [5, 5.41) is 2.19. The first kappa shape index (κ1) is 14.5. The van der Waals surface area contributed by atoms with Crippen LogP contribution in [0, 0.1) is 5.82 Å². The van der Waals surface area contributed by atoms with Crippen molar-refractivity contribution in [1.82, 2.24) is 4.98 Å². The molecule has 1 aromatic carbocycles. The number of hydrogen-bond donors (Lipinski definition) is 3. The number of hydrazine groups is 1. The molecule has 104 valence electrons. The Morgan fingerprint density at radius 2 is 1.90 bits per heavy atom. The van der Waals surface area contributed by atoms with Crippen LogP contribution in [0.25, 0.3) is 0 Å². The fourth-order valence-corrected chi connectivity index (χ4v) is 1.93. The van der Waals surface area contributed by atoms with Gasteiger partial charge in [-0.25, -0.2) is 15.2 Å². The van der Waals surface area contributed by atoms with Gasteiger partial charge in [0.15, 0.2) is 5.82 Å². The molecule has 2 aromatic rings. The number of hydrogen-bond acceptors (Lipinski definition) is 4. The molecule has 2 rings (SSSR count). The van der Waals surface area contributed by atoms with Crippen LogP contribution in [0.2, 0.25) is 10.0 Å². The van der Waals surface area contributed by atoms with Gasteiger partial charge in [-0.2, -0.15) is 0 Å². The summed E-state index contributed by atoms with van der Waals surface area (Å²) in [7, 11) is 0. The van der Waals surface area contributed by atoms with E-state index in [-0.39, 0.29) is 15.7 Å². The number of halogens is 3. The van der Waals surface area contributed by atoms with Gasteiger partial charge >= 0.3 is 0 Å². The van der Waals surface area contributed by atoms with Crippen LogP contribution in [0.15, 0.2) is 30.5 Å². The lowest BCUT2D eigenvalue weighted by atomic mass is 10.2. The highest BCUT2D eigenvalue weighted by molar-refractivity contribution is 6.35. The first-order valence-electron chi connectivity index (χ1n) is 5.40. The van der Waals surface area contributed by atoms with E-state index in [0.717, 1.165) is 0 Å². The summed E-state index contributed by atoms with van der Waals surface area (Å²) in [5.74, 6) is 4.43. The zero-order valence-corrected chi connectivity index (χ0v) is 11.5. The lowest BCUT2D eigenvalue weighted by Gasteiger charge is -2.07. The maximum absolute atomic E-state index is 13.2. The Bertz CT molecular complexity index is 625. The van der Waals surface area contributed by atoms with Crippen LogP contribution in [0.3, 0.4) is 0 Å². The number of nitrogens with two attached hydrogens (primary N) is 1. The minimum Gasteiger partial charge on any atom is -0.322 e. The predicted molar refractivity (Wildman–Crippen MR) is 76.4 cm³/mol. The van der Waals surface area contributed by atoms with E-state index in [2.05, 4.69) is 15.7 Å². The summed E-state index contributed by atoms with van der Waals surface area (Å²) in [6, 6.07) is 5.61. The number of nitrogens with one attached hydrogen (secondary N) is 2. The SMILES string of the molecule is NNc1ccc(C(=O)Nc2cc(Cl)c(F)c(Cl)c2)cn1. The van der Waals surface area contributed by atoms with E-state index in [1.165, 1.54) is 24.4 Å². The molecule has 0 aliphatic heterocycles. The topological polar surface area (TPSA) is 80.0 Å². The van der Waals surface area contributed by atoms with Crippen molar-refractivity contribution in [3.8, 4) is 0 Å². The Balaban J connectivity index is 2.18. The number of carbonyl (C=O) groups is 1. The van der Waals surface area contributed by atoms with Gasteiger partial charge in [0.25, 0.3) is 5.91 Å². The number of rotatable bonds is 3. The zero-order valence-electron chi connectivity index (χ0n) is 9.95. The molecule has 8 heteroatoms. The number of nitrogens with zero attached hydrogens (tertiary/aromatic N) is 1. The van der Waals surface area contributed by atoms with Crippen LogP contribution >= 0.6 is 23.2 Å². The van der Waals surface area contributed by atoms with Gasteiger partial charge in [0.05, 0.1) is 15.6 Å². The standard InChI is InChI=1S/C12H9Cl2FN4O/c13-8-3-7(4-9(14)11(8)15)18-12(20)6-1-2-10(19-16)17-5-6/h1-5H,16H2,(H,17,19)(H,18,20). The fraction of sp³-hybridized carbons (Fsp3) is 0. The van der Waals surface area contributed by atoms with Crippen LogP contribution in [0.5, 0.6) is 0 Å². The van der Waals surface area contributed by atoms with Gasteiger partial charge in [0.2, 0.25) is 0 Å². The van der Waals surface area contributed by atoms with Crippen molar-refractivity contribution in [2.75, 3.05) is 10.7 Å². The smallest absolute Gasteiger partial charge is 0.257 e. The molecular formula is C12H9Cl2FN4O. The Kier molecular flexibility index (Phi) is 4.39. The summed E-state index contributed by atoms with van der Waals surface area (Å²) in [6.45, 7) is 0. The van der Waals surface area contributed by atoms with Crippen molar-refractivity contribution in [2.24, 2.45) is 5.84 Å². The van der Waals surface area contributed by atoms with E-state index < -0.39 is 11.7 Å². The van der Waals surface area contributed by atoms with Gasteiger partial charge in [-0.05, 0) is 24.3 Å². The third kappa shape index (κ3) is 3.16. The van der Waals surface area contributed by atoms with Crippen LogP contribution in [-0.4, -0.2) is 10.9 Å². The molecular weight excluding hydrogens is 306 g/mol. The molecule has 0 saturated carbocycles. The minimum atomic E-state index is -0.730. The number of carbonyl (C=O) groups excluding carboxylic acids is 1. The molecule has 20 heavy (non-hydrogen) atoms. The summed E-state index contributed by atoms with van der Waals surface area (Å²) >= 11 is 11.3. The Labute approximate surface area is 123 Å². The molecule has 5 nitrogen and oxygen atoms in total. The molecule has 0 spiro atoms. The molecule has 0 aliphatic rings. The average Bonchev–Trinajstić information content (AvgIpc) is 2.44. The third-order valence-corrected chi connectivity index (χ3v) is 2.97. The lowest BCUT2D eigenvalue weighted by molar-refractivity contribution is 0.102. The maximum Gasteiger partial charge on any atom is 0.257 e. The Hall–Kier alpha value is -1.89. The van der Waals surface area contributed by atoms with Gasteiger partial charge in [-0.3, -0.25) is 4.79 Å². The van der Waals surface area contributed by atoms with Gasteiger partial charge < -0.3 is 10.7 Å². The Morgan fingerprint density at radius 1 is 1.25 bits per heavy atom. The number of nitrogen functional groups attached to an aromatic ring is 1. The van der Waals surface area contributed by atoms with E-state index in [0.29, 0.717) is 11.4 Å². The van der Waals surface area contributed by atoms with Crippen LogP contribution < -0.4 is 16.6 Å². The monoisotopic (exact) mass is 314 g/mol. The number of anilines is 2. The van der Waals surface area contributed by atoms with E-state index in [9.17, 15) is 9.18 Å². The molecule has 0 saturated heterocycles. The van der Waals surface area contributed by atoms with Crippen molar-refractivity contribution in [3.05, 3.63) is 51.9 Å². The van der Waals surface area contributed by atoms with Crippen molar-refractivity contribution in [2.45, 2.75) is 0 Å². The predicted octanol–water partition coefficient (Wildman–Crippen LogP) is 3.07. The Morgan fingerprint density at radius 3 is 2.40 bits per heavy atom. The highest BCUT2D eigenvalue weighted by atomic mass is 35.5. The quantitative estimate of drug-likeness (QED) is 0.462. The van der Waals surface area contributed by atoms with Crippen LogP contribution in [0.4, 0.5) is 15.9 Å². The first-order chi connectivity index (χ1) is 9.51. The summed E-state index contributed by atoms with van der Waals surface area (Å²) < 4.78 is 13.2. The van der Waals surface area contributed by atoms with Crippen molar-refractivity contribution < 1.29 is 9.18 Å². The largest absolute Gasteiger partial charge is 0.322 e. The fourth-order valence-electron chi connectivity index (χ4n) is 1.44. The number of pyridine rings is 1. The second-order valence-electron chi connectivity index (χ2n) is 3.78. The van der Waals surface area contributed by atoms with Crippen molar-refractivity contribution >= 4 is 40.6 Å².